The zero-order chi connectivity index (χ0) is 11.1. The van der Waals surface area contributed by atoms with Crippen molar-refractivity contribution in [1.29, 1.82) is 0 Å². The van der Waals surface area contributed by atoms with Gasteiger partial charge in [-0.05, 0) is 41.1 Å². The standard InChI is InChI=1S/C13H22OS/c1-3-5-6-12(4-2)13(14)9-11-7-8-15-10-11/h7-8,10,12-14H,3-6,9H2,1-2H3. The summed E-state index contributed by atoms with van der Waals surface area (Å²) in [6, 6.07) is 2.11. The summed E-state index contributed by atoms with van der Waals surface area (Å²) in [4.78, 5) is 0. The fraction of sp³-hybridized carbons (Fsp3) is 0.692. The first kappa shape index (κ1) is 12.7. The molecule has 0 radical (unpaired) electrons. The van der Waals surface area contributed by atoms with Crippen molar-refractivity contribution in [3.05, 3.63) is 22.4 Å². The Balaban J connectivity index is 2.39. The van der Waals surface area contributed by atoms with E-state index in [0.717, 1.165) is 19.3 Å². The maximum Gasteiger partial charge on any atom is 0.0608 e. The Kier molecular flexibility index (Phi) is 5.96. The second-order valence-electron chi connectivity index (χ2n) is 4.21. The van der Waals surface area contributed by atoms with E-state index in [4.69, 9.17) is 0 Å². The van der Waals surface area contributed by atoms with Crippen molar-refractivity contribution in [1.82, 2.24) is 0 Å². The molecule has 15 heavy (non-hydrogen) atoms. The van der Waals surface area contributed by atoms with Gasteiger partial charge >= 0.3 is 0 Å². The van der Waals surface area contributed by atoms with Crippen molar-refractivity contribution < 1.29 is 5.11 Å². The molecule has 0 aromatic carbocycles. The van der Waals surface area contributed by atoms with E-state index < -0.39 is 0 Å². The lowest BCUT2D eigenvalue weighted by atomic mass is 9.90. The number of aliphatic hydroxyl groups excluding tert-OH is 1. The molecule has 1 aromatic rings. The minimum absolute atomic E-state index is 0.156. The minimum Gasteiger partial charge on any atom is -0.392 e. The van der Waals surface area contributed by atoms with Gasteiger partial charge in [-0.3, -0.25) is 0 Å². The Hall–Kier alpha value is -0.340. The van der Waals surface area contributed by atoms with E-state index in [-0.39, 0.29) is 6.10 Å². The van der Waals surface area contributed by atoms with Gasteiger partial charge in [0, 0.05) is 0 Å². The second kappa shape index (κ2) is 7.02. The summed E-state index contributed by atoms with van der Waals surface area (Å²) in [7, 11) is 0. The third-order valence-corrected chi connectivity index (χ3v) is 3.75. The number of hydrogen-bond acceptors (Lipinski definition) is 2. The fourth-order valence-electron chi connectivity index (χ4n) is 1.95. The number of hydrogen-bond donors (Lipinski definition) is 1. The molecule has 0 aliphatic heterocycles. The lowest BCUT2D eigenvalue weighted by Gasteiger charge is -2.21. The van der Waals surface area contributed by atoms with E-state index in [0.29, 0.717) is 5.92 Å². The Bertz CT molecular complexity index is 243. The van der Waals surface area contributed by atoms with Crippen LogP contribution in [0.15, 0.2) is 16.8 Å². The van der Waals surface area contributed by atoms with Crippen molar-refractivity contribution in [2.24, 2.45) is 5.92 Å². The molecule has 0 saturated heterocycles. The number of thiophene rings is 1. The van der Waals surface area contributed by atoms with Crippen LogP contribution in [0.1, 0.15) is 45.1 Å². The first-order valence-corrected chi connectivity index (χ1v) is 6.91. The van der Waals surface area contributed by atoms with Gasteiger partial charge in [0.1, 0.15) is 0 Å². The average Bonchev–Trinajstić information content (AvgIpc) is 2.71. The minimum atomic E-state index is -0.156. The highest BCUT2D eigenvalue weighted by molar-refractivity contribution is 7.07. The fourth-order valence-corrected chi connectivity index (χ4v) is 2.63. The van der Waals surface area contributed by atoms with Crippen LogP contribution in [-0.2, 0) is 6.42 Å². The average molecular weight is 226 g/mol. The first-order chi connectivity index (χ1) is 7.27. The van der Waals surface area contributed by atoms with Crippen LogP contribution in [0, 0.1) is 5.92 Å². The van der Waals surface area contributed by atoms with Crippen LogP contribution < -0.4 is 0 Å². The van der Waals surface area contributed by atoms with E-state index in [1.165, 1.54) is 18.4 Å². The molecule has 0 amide bonds. The lowest BCUT2D eigenvalue weighted by molar-refractivity contribution is 0.0988. The molecule has 2 heteroatoms. The summed E-state index contributed by atoms with van der Waals surface area (Å²) >= 11 is 1.71. The summed E-state index contributed by atoms with van der Waals surface area (Å²) in [5, 5.41) is 14.3. The van der Waals surface area contributed by atoms with E-state index in [1.807, 2.05) is 0 Å². The number of aliphatic hydroxyl groups is 1. The highest BCUT2D eigenvalue weighted by Crippen LogP contribution is 2.20. The summed E-state index contributed by atoms with van der Waals surface area (Å²) in [6.07, 6.45) is 5.38. The predicted octanol–water partition coefficient (Wildman–Crippen LogP) is 3.87. The molecule has 0 aliphatic rings. The van der Waals surface area contributed by atoms with Gasteiger partial charge in [0.05, 0.1) is 6.10 Å². The normalized spacial score (nSPS) is 15.1. The van der Waals surface area contributed by atoms with Crippen LogP contribution in [0.3, 0.4) is 0 Å². The topological polar surface area (TPSA) is 20.2 Å². The van der Waals surface area contributed by atoms with Gasteiger partial charge in [0.15, 0.2) is 0 Å². The quantitative estimate of drug-likeness (QED) is 0.748. The van der Waals surface area contributed by atoms with Gasteiger partial charge in [-0.2, -0.15) is 11.3 Å². The molecule has 0 spiro atoms. The van der Waals surface area contributed by atoms with Gasteiger partial charge in [0.2, 0.25) is 0 Å². The Morgan fingerprint density at radius 1 is 1.40 bits per heavy atom. The molecule has 0 fully saturated rings. The molecular weight excluding hydrogens is 204 g/mol. The molecule has 86 valence electrons. The molecule has 2 unspecified atom stereocenters. The second-order valence-corrected chi connectivity index (χ2v) is 4.99. The van der Waals surface area contributed by atoms with Crippen LogP contribution >= 0.6 is 11.3 Å². The molecule has 1 N–H and O–H groups in total. The zero-order valence-electron chi connectivity index (χ0n) is 9.78. The smallest absolute Gasteiger partial charge is 0.0608 e. The van der Waals surface area contributed by atoms with Crippen LogP contribution in [0.25, 0.3) is 0 Å². The summed E-state index contributed by atoms with van der Waals surface area (Å²) in [5.41, 5.74) is 1.28. The highest BCUT2D eigenvalue weighted by Gasteiger charge is 2.17. The van der Waals surface area contributed by atoms with E-state index in [2.05, 4.69) is 30.7 Å². The molecule has 1 aromatic heterocycles. The molecular formula is C13H22OS. The van der Waals surface area contributed by atoms with Gasteiger partial charge < -0.3 is 5.11 Å². The van der Waals surface area contributed by atoms with E-state index in [9.17, 15) is 5.11 Å². The molecule has 2 atom stereocenters. The first-order valence-electron chi connectivity index (χ1n) is 5.97. The van der Waals surface area contributed by atoms with Crippen LogP contribution in [0.5, 0.6) is 0 Å². The van der Waals surface area contributed by atoms with Gasteiger partial charge in [-0.25, -0.2) is 0 Å². The maximum atomic E-state index is 10.1. The Labute approximate surface area is 97.2 Å². The van der Waals surface area contributed by atoms with E-state index in [1.54, 1.807) is 11.3 Å². The predicted molar refractivity (Wildman–Crippen MR) is 67.3 cm³/mol. The van der Waals surface area contributed by atoms with Crippen molar-refractivity contribution in [2.45, 2.75) is 52.1 Å². The van der Waals surface area contributed by atoms with Crippen LogP contribution in [0.4, 0.5) is 0 Å². The molecule has 1 nitrogen and oxygen atoms in total. The maximum absolute atomic E-state index is 10.1. The number of unbranched alkanes of at least 4 members (excludes halogenated alkanes) is 1. The number of rotatable bonds is 7. The summed E-state index contributed by atoms with van der Waals surface area (Å²) in [5.74, 6) is 0.477. The van der Waals surface area contributed by atoms with Crippen LogP contribution in [0.2, 0.25) is 0 Å². The lowest BCUT2D eigenvalue weighted by Crippen LogP contribution is -2.22. The van der Waals surface area contributed by atoms with Crippen molar-refractivity contribution in [2.75, 3.05) is 0 Å². The van der Waals surface area contributed by atoms with Crippen molar-refractivity contribution in [3.8, 4) is 0 Å². The molecule has 0 aliphatic carbocycles. The molecule has 1 rings (SSSR count). The summed E-state index contributed by atoms with van der Waals surface area (Å²) in [6.45, 7) is 4.38. The molecule has 0 bridgehead atoms. The highest BCUT2D eigenvalue weighted by atomic mass is 32.1. The SMILES string of the molecule is CCCCC(CC)C(O)Cc1ccsc1. The van der Waals surface area contributed by atoms with Crippen LogP contribution in [-0.4, -0.2) is 11.2 Å². The van der Waals surface area contributed by atoms with E-state index >= 15 is 0 Å². The molecule has 0 saturated carbocycles. The zero-order valence-corrected chi connectivity index (χ0v) is 10.6. The van der Waals surface area contributed by atoms with Gasteiger partial charge in [-0.1, -0.05) is 33.1 Å². The van der Waals surface area contributed by atoms with Crippen molar-refractivity contribution in [3.63, 3.8) is 0 Å². The Morgan fingerprint density at radius 3 is 2.73 bits per heavy atom. The largest absolute Gasteiger partial charge is 0.392 e. The molecule has 1 heterocycles. The van der Waals surface area contributed by atoms with Gasteiger partial charge in [-0.15, -0.1) is 0 Å². The van der Waals surface area contributed by atoms with Crippen molar-refractivity contribution >= 4 is 11.3 Å². The van der Waals surface area contributed by atoms with Gasteiger partial charge in [0.25, 0.3) is 0 Å². The summed E-state index contributed by atoms with van der Waals surface area (Å²) < 4.78 is 0. The third kappa shape index (κ3) is 4.35. The Morgan fingerprint density at radius 2 is 2.20 bits per heavy atom. The third-order valence-electron chi connectivity index (χ3n) is 3.02. The monoisotopic (exact) mass is 226 g/mol.